The number of amides is 3. The lowest BCUT2D eigenvalue weighted by Crippen LogP contribution is -2.49. The minimum absolute atomic E-state index is 0.116. The Bertz CT molecular complexity index is 4830. The highest BCUT2D eigenvalue weighted by atomic mass is 35.5. The molecule has 3 fully saturated rings. The number of carbonyl (C=O) groups is 3. The van der Waals surface area contributed by atoms with Crippen LogP contribution in [-0.4, -0.2) is 139 Å². The Hall–Kier alpha value is -10.9. The van der Waals surface area contributed by atoms with Crippen LogP contribution in [-0.2, 0) is 20.6 Å². The molecule has 0 radical (unpaired) electrons. The van der Waals surface area contributed by atoms with E-state index < -0.39 is 48.5 Å². The van der Waals surface area contributed by atoms with E-state index in [0.717, 1.165) is 5.56 Å². The maximum absolute atomic E-state index is 13.4. The first kappa shape index (κ1) is 65.6. The molecule has 25 nitrogen and oxygen atoms in total. The third-order valence-electron chi connectivity index (χ3n) is 17.0. The molecule has 3 amide bonds. The Morgan fingerprint density at radius 2 is 0.821 bits per heavy atom. The highest BCUT2D eigenvalue weighted by Crippen LogP contribution is 2.38. The largest absolute Gasteiger partial charge is 0.459 e. The van der Waals surface area contributed by atoms with Gasteiger partial charge in [-0.1, -0.05) is 120 Å². The van der Waals surface area contributed by atoms with Crippen LogP contribution in [0, 0.1) is 30.3 Å². The molecule has 7 heterocycles. The molecule has 28 heteroatoms. The number of hydrogen-bond acceptors (Lipinski definition) is 16. The van der Waals surface area contributed by atoms with Crippen LogP contribution in [0.1, 0.15) is 36.8 Å². The Balaban J connectivity index is 0.000000145. The molecule has 6 aromatic carbocycles. The van der Waals surface area contributed by atoms with Crippen molar-refractivity contribution >= 4 is 119 Å². The number of hydrogen-bond donors (Lipinski definition) is 0. The van der Waals surface area contributed by atoms with Crippen molar-refractivity contribution in [3.05, 3.63) is 263 Å². The van der Waals surface area contributed by atoms with Gasteiger partial charge in [0.25, 0.3) is 17.7 Å². The monoisotopic (exact) mass is 1340 g/mol. The number of aromatic nitrogens is 3. The van der Waals surface area contributed by atoms with Crippen LogP contribution in [0.15, 0.2) is 183 Å². The number of rotatable bonds is 11. The highest BCUT2D eigenvalue weighted by molar-refractivity contribution is 6.42. The summed E-state index contributed by atoms with van der Waals surface area (Å²) < 4.78 is 9.26. The fourth-order valence-electron chi connectivity index (χ4n) is 12.2. The molecule has 13 rings (SSSR count). The van der Waals surface area contributed by atoms with E-state index in [1.807, 2.05) is 58.3 Å². The number of pyridine rings is 3. The second-order valence-corrected chi connectivity index (χ2v) is 23.7. The maximum atomic E-state index is 13.4. The van der Waals surface area contributed by atoms with Crippen molar-refractivity contribution in [1.29, 1.82) is 0 Å². The SMILES string of the molecule is Cn1c(=O)c([N+](=O)[O-])c(N2CCN(C(=O)c3ccc(Cl)c(Cl)c3)CC2)c2ccccc21.Cn1c(=O)c([N+](=O)[O-])c(N2CCN(C(=O)c3ccc(Cl)cc3)CC2)c2ccccc21.O=C(c1ccco1)N1CCN(c2c([N+](=O)[O-])c(=O)n(Cc3ccccc3)c3ccccc23)CC1. The molecule has 0 atom stereocenters. The maximum Gasteiger partial charge on any atom is 0.357 e. The molecule has 10 aromatic rings. The molecule has 3 aliphatic heterocycles. The zero-order chi connectivity index (χ0) is 67.4. The van der Waals surface area contributed by atoms with Gasteiger partial charge >= 0.3 is 33.7 Å². The summed E-state index contributed by atoms with van der Waals surface area (Å²) in [7, 11) is 3.06. The van der Waals surface area contributed by atoms with E-state index in [4.69, 9.17) is 39.2 Å². The lowest BCUT2D eigenvalue weighted by molar-refractivity contribution is -0.385. The molecular weight excluding hydrogens is 1290 g/mol. The van der Waals surface area contributed by atoms with E-state index in [9.17, 15) is 59.1 Å². The number of nitro groups is 3. The van der Waals surface area contributed by atoms with Gasteiger partial charge < -0.3 is 43.0 Å². The molecule has 0 spiro atoms. The number of furan rings is 1. The number of anilines is 3. The summed E-state index contributed by atoms with van der Waals surface area (Å²) in [5, 5.41) is 38.8. The summed E-state index contributed by atoms with van der Waals surface area (Å²) in [5.74, 6) is -0.271. The van der Waals surface area contributed by atoms with Gasteiger partial charge in [0.05, 0.1) is 54.2 Å². The van der Waals surface area contributed by atoms with Crippen molar-refractivity contribution < 1.29 is 33.6 Å². The number of nitrogens with zero attached hydrogens (tertiary/aromatic N) is 12. The molecule has 486 valence electrons. The average molecular weight is 1350 g/mol. The van der Waals surface area contributed by atoms with Crippen LogP contribution in [0.4, 0.5) is 34.1 Å². The van der Waals surface area contributed by atoms with E-state index >= 15 is 0 Å². The van der Waals surface area contributed by atoms with Crippen molar-refractivity contribution in [2.75, 3.05) is 93.2 Å². The third-order valence-corrected chi connectivity index (χ3v) is 18.0. The van der Waals surface area contributed by atoms with Crippen LogP contribution >= 0.6 is 34.8 Å². The van der Waals surface area contributed by atoms with E-state index in [1.54, 1.807) is 123 Å². The highest BCUT2D eigenvalue weighted by Gasteiger charge is 2.36. The molecular formula is C67H59Cl3N12O13. The zero-order valence-corrected chi connectivity index (χ0v) is 53.4. The van der Waals surface area contributed by atoms with Gasteiger partial charge in [-0.25, -0.2) is 0 Å². The molecule has 0 saturated carbocycles. The minimum Gasteiger partial charge on any atom is -0.459 e. The Morgan fingerprint density at radius 3 is 1.25 bits per heavy atom. The molecule has 3 saturated heterocycles. The van der Waals surface area contributed by atoms with Gasteiger partial charge in [0.15, 0.2) is 5.76 Å². The zero-order valence-electron chi connectivity index (χ0n) is 51.1. The summed E-state index contributed by atoms with van der Waals surface area (Å²) in [5.41, 5.74) is 1.35. The quantitative estimate of drug-likeness (QED) is 0.0859. The third kappa shape index (κ3) is 13.4. The normalized spacial score (nSPS) is 14.1. The lowest BCUT2D eigenvalue weighted by Gasteiger charge is -2.36. The van der Waals surface area contributed by atoms with Crippen molar-refractivity contribution in [3.8, 4) is 0 Å². The van der Waals surface area contributed by atoms with Gasteiger partial charge in [-0.05, 0) is 78.4 Å². The van der Waals surface area contributed by atoms with Crippen LogP contribution in [0.5, 0.6) is 0 Å². The molecule has 3 aliphatic rings. The average Bonchev–Trinajstić information content (AvgIpc) is 0.855. The van der Waals surface area contributed by atoms with Gasteiger partial charge in [-0.3, -0.25) is 63.7 Å². The first-order valence-corrected chi connectivity index (χ1v) is 31.1. The Labute approximate surface area is 555 Å². The Kier molecular flexibility index (Phi) is 19.4. The summed E-state index contributed by atoms with van der Waals surface area (Å²) in [6, 6.07) is 45.5. The van der Waals surface area contributed by atoms with Gasteiger partial charge in [0.1, 0.15) is 17.1 Å². The number of benzene rings is 6. The van der Waals surface area contributed by atoms with Crippen molar-refractivity contribution in [2.24, 2.45) is 14.1 Å². The molecule has 0 bridgehead atoms. The molecule has 4 aromatic heterocycles. The summed E-state index contributed by atoms with van der Waals surface area (Å²) in [6.45, 7) is 4.62. The van der Waals surface area contributed by atoms with Crippen molar-refractivity contribution in [1.82, 2.24) is 28.4 Å². The lowest BCUT2D eigenvalue weighted by atomic mass is 10.1. The fraction of sp³-hybridized carbons (Fsp3) is 0.224. The van der Waals surface area contributed by atoms with E-state index in [-0.39, 0.29) is 30.0 Å². The second-order valence-electron chi connectivity index (χ2n) is 22.5. The summed E-state index contributed by atoms with van der Waals surface area (Å²) >= 11 is 17.8. The van der Waals surface area contributed by atoms with Gasteiger partial charge in [0.2, 0.25) is 0 Å². The fourth-order valence-corrected chi connectivity index (χ4v) is 12.6. The predicted molar refractivity (Wildman–Crippen MR) is 363 cm³/mol. The van der Waals surface area contributed by atoms with Crippen LogP contribution in [0.25, 0.3) is 32.7 Å². The van der Waals surface area contributed by atoms with E-state index in [2.05, 4.69) is 0 Å². The van der Waals surface area contributed by atoms with Crippen LogP contribution in [0.3, 0.4) is 0 Å². The standard InChI is InChI=1S/C25H22N4O5.C21H18Cl2N4O4.C21H19ClN4O4/c30-24(21-11-6-16-34-21)27-14-12-26(13-15-27)22-19-9-4-5-10-20(19)28(25(31)23(22)29(32)33)17-18-7-2-1-3-8-18;1-24-17-5-3-2-4-14(17)18(19(21(24)29)27(30)31)25-8-10-26(11-9-25)20(28)13-6-7-15(22)16(23)12-13;1-23-17-5-3-2-4-16(17)18(19(21(23)28)26(29)30)24-10-12-25(13-11-24)20(27)14-6-8-15(22)9-7-14/h1-11,16H,12-15,17H2;2-7,12H,8-11H2,1H3;2-9H,10-13H2,1H3. The summed E-state index contributed by atoms with van der Waals surface area (Å²) in [4.78, 5) is 121. The second kappa shape index (κ2) is 28.1. The molecule has 95 heavy (non-hydrogen) atoms. The van der Waals surface area contributed by atoms with Gasteiger partial charge in [-0.2, -0.15) is 0 Å². The number of halogens is 3. The molecule has 0 aliphatic carbocycles. The van der Waals surface area contributed by atoms with E-state index in [0.29, 0.717) is 155 Å². The van der Waals surface area contributed by atoms with Crippen molar-refractivity contribution in [3.63, 3.8) is 0 Å². The van der Waals surface area contributed by atoms with Crippen molar-refractivity contribution in [2.45, 2.75) is 6.54 Å². The number of piperazine rings is 3. The molecule has 0 N–H and O–H groups in total. The first-order valence-electron chi connectivity index (χ1n) is 29.9. The number of para-hydroxylation sites is 3. The minimum atomic E-state index is -0.659. The molecule has 0 unspecified atom stereocenters. The summed E-state index contributed by atoms with van der Waals surface area (Å²) in [6.07, 6.45) is 1.45. The predicted octanol–water partition coefficient (Wildman–Crippen LogP) is 10.3. The topological polar surface area (TPSA) is 279 Å². The van der Waals surface area contributed by atoms with Gasteiger partial charge in [0, 0.05) is 125 Å². The smallest absolute Gasteiger partial charge is 0.357 e. The van der Waals surface area contributed by atoms with E-state index in [1.165, 1.54) is 40.1 Å². The van der Waals surface area contributed by atoms with Crippen LogP contribution in [0.2, 0.25) is 15.1 Å². The Morgan fingerprint density at radius 1 is 0.432 bits per heavy atom. The number of aryl methyl sites for hydroxylation is 2. The first-order chi connectivity index (χ1) is 45.7. The van der Waals surface area contributed by atoms with Crippen LogP contribution < -0.4 is 31.4 Å². The number of fused-ring (bicyclic) bond motifs is 3. The number of carbonyl (C=O) groups excluding carboxylic acids is 3. The van der Waals surface area contributed by atoms with Gasteiger partial charge in [-0.15, -0.1) is 0 Å².